The fourth-order valence-corrected chi connectivity index (χ4v) is 4.35. The quantitative estimate of drug-likeness (QED) is 0.763. The summed E-state index contributed by atoms with van der Waals surface area (Å²) in [6.07, 6.45) is 8.29. The molecule has 0 amide bonds. The summed E-state index contributed by atoms with van der Waals surface area (Å²) in [6, 6.07) is 0.414. The Balaban J connectivity index is 1.59. The highest BCUT2D eigenvalue weighted by atomic mass is 16.3. The van der Waals surface area contributed by atoms with E-state index < -0.39 is 0 Å². The summed E-state index contributed by atoms with van der Waals surface area (Å²) in [7, 11) is 0. The first kappa shape index (κ1) is 11.9. The van der Waals surface area contributed by atoms with Gasteiger partial charge in [-0.25, -0.2) is 0 Å². The van der Waals surface area contributed by atoms with Gasteiger partial charge in [-0.2, -0.15) is 0 Å². The van der Waals surface area contributed by atoms with Crippen LogP contribution in [0.1, 0.15) is 44.9 Å². The molecule has 0 aromatic carbocycles. The van der Waals surface area contributed by atoms with Crippen LogP contribution in [0, 0.1) is 11.8 Å². The molecule has 1 heterocycles. The minimum Gasteiger partial charge on any atom is -0.389 e. The summed E-state index contributed by atoms with van der Waals surface area (Å²) < 4.78 is 0. The highest BCUT2D eigenvalue weighted by Crippen LogP contribution is 2.38. The predicted molar refractivity (Wildman–Crippen MR) is 68.7 cm³/mol. The Hall–Kier alpha value is -0.120. The molecule has 0 aromatic heterocycles. The van der Waals surface area contributed by atoms with Crippen molar-refractivity contribution in [3.63, 3.8) is 0 Å². The molecule has 3 aliphatic rings. The third kappa shape index (κ3) is 2.38. The van der Waals surface area contributed by atoms with E-state index in [-0.39, 0.29) is 5.60 Å². The first-order valence-corrected chi connectivity index (χ1v) is 7.37. The molecule has 3 atom stereocenters. The van der Waals surface area contributed by atoms with Gasteiger partial charge in [0.25, 0.3) is 0 Å². The molecule has 2 aliphatic carbocycles. The fourth-order valence-electron chi connectivity index (χ4n) is 4.35. The Labute approximate surface area is 104 Å². The van der Waals surface area contributed by atoms with E-state index in [1.807, 2.05) is 0 Å². The van der Waals surface area contributed by atoms with Gasteiger partial charge >= 0.3 is 0 Å². The lowest BCUT2D eigenvalue weighted by molar-refractivity contribution is 0.0142. The SMILES string of the molecule is NC1CCCC2CN(CC3(O)CCCC3)CC12. The van der Waals surface area contributed by atoms with Crippen LogP contribution >= 0.6 is 0 Å². The number of fused-ring (bicyclic) bond motifs is 1. The van der Waals surface area contributed by atoms with Crippen LogP contribution in [0.15, 0.2) is 0 Å². The van der Waals surface area contributed by atoms with Gasteiger partial charge in [0, 0.05) is 25.7 Å². The first-order valence-electron chi connectivity index (χ1n) is 7.37. The molecule has 98 valence electrons. The second-order valence-corrected chi connectivity index (χ2v) is 6.64. The van der Waals surface area contributed by atoms with Crippen molar-refractivity contribution in [2.75, 3.05) is 19.6 Å². The van der Waals surface area contributed by atoms with Crippen LogP contribution in [-0.2, 0) is 0 Å². The molecule has 0 radical (unpaired) electrons. The number of nitrogens with zero attached hydrogens (tertiary/aromatic N) is 1. The summed E-state index contributed by atoms with van der Waals surface area (Å²) in [6.45, 7) is 3.21. The molecular weight excluding hydrogens is 212 g/mol. The maximum Gasteiger partial charge on any atom is 0.0774 e. The number of likely N-dealkylation sites (tertiary alicyclic amines) is 1. The van der Waals surface area contributed by atoms with Crippen molar-refractivity contribution >= 4 is 0 Å². The molecule has 3 heteroatoms. The van der Waals surface area contributed by atoms with Crippen LogP contribution in [-0.4, -0.2) is 41.3 Å². The van der Waals surface area contributed by atoms with Gasteiger partial charge in [0.15, 0.2) is 0 Å². The topological polar surface area (TPSA) is 49.5 Å². The highest BCUT2D eigenvalue weighted by molar-refractivity contribution is 4.96. The molecule has 2 saturated carbocycles. The van der Waals surface area contributed by atoms with Crippen LogP contribution in [0.2, 0.25) is 0 Å². The van der Waals surface area contributed by atoms with Crippen molar-refractivity contribution in [2.45, 2.75) is 56.6 Å². The van der Waals surface area contributed by atoms with E-state index in [0.29, 0.717) is 12.0 Å². The van der Waals surface area contributed by atoms with Crippen LogP contribution in [0.25, 0.3) is 0 Å². The van der Waals surface area contributed by atoms with E-state index in [2.05, 4.69) is 4.90 Å². The Bertz CT molecular complexity index is 275. The minimum atomic E-state index is -0.377. The van der Waals surface area contributed by atoms with Crippen LogP contribution in [0.3, 0.4) is 0 Å². The Morgan fingerprint density at radius 1 is 1.12 bits per heavy atom. The van der Waals surface area contributed by atoms with Crippen LogP contribution in [0.4, 0.5) is 0 Å². The monoisotopic (exact) mass is 238 g/mol. The van der Waals surface area contributed by atoms with Gasteiger partial charge in [-0.05, 0) is 37.5 Å². The van der Waals surface area contributed by atoms with Crippen molar-refractivity contribution in [1.82, 2.24) is 4.90 Å². The normalized spacial score (nSPS) is 41.6. The van der Waals surface area contributed by atoms with Gasteiger partial charge in [0.1, 0.15) is 0 Å². The molecule has 0 aromatic rings. The maximum absolute atomic E-state index is 10.5. The molecule has 1 aliphatic heterocycles. The summed E-state index contributed by atoms with van der Waals surface area (Å²) in [5.74, 6) is 1.51. The molecule has 3 nitrogen and oxygen atoms in total. The van der Waals surface area contributed by atoms with Gasteiger partial charge in [0.05, 0.1) is 5.60 Å². The zero-order chi connectivity index (χ0) is 11.9. The average molecular weight is 238 g/mol. The van der Waals surface area contributed by atoms with Gasteiger partial charge in [-0.1, -0.05) is 19.3 Å². The second kappa shape index (κ2) is 4.52. The van der Waals surface area contributed by atoms with E-state index in [0.717, 1.165) is 31.8 Å². The third-order valence-electron chi connectivity index (χ3n) is 5.28. The third-order valence-corrected chi connectivity index (χ3v) is 5.28. The lowest BCUT2D eigenvalue weighted by atomic mass is 9.78. The standard InChI is InChI=1S/C14H26N2O/c15-13-5-3-4-11-8-16(9-12(11)13)10-14(17)6-1-2-7-14/h11-13,17H,1-10,15H2. The fraction of sp³-hybridized carbons (Fsp3) is 1.00. The number of aliphatic hydroxyl groups is 1. The van der Waals surface area contributed by atoms with Crippen molar-refractivity contribution in [3.8, 4) is 0 Å². The van der Waals surface area contributed by atoms with E-state index in [9.17, 15) is 5.11 Å². The molecule has 3 unspecified atom stereocenters. The molecule has 3 fully saturated rings. The number of hydrogen-bond acceptors (Lipinski definition) is 3. The van der Waals surface area contributed by atoms with Gasteiger partial charge < -0.3 is 10.8 Å². The van der Waals surface area contributed by atoms with Crippen LogP contribution in [0.5, 0.6) is 0 Å². The van der Waals surface area contributed by atoms with Gasteiger partial charge in [0.2, 0.25) is 0 Å². The van der Waals surface area contributed by atoms with Crippen molar-refractivity contribution in [1.29, 1.82) is 0 Å². The number of rotatable bonds is 2. The summed E-state index contributed by atoms with van der Waals surface area (Å²) >= 11 is 0. The maximum atomic E-state index is 10.5. The van der Waals surface area contributed by atoms with Crippen LogP contribution < -0.4 is 5.73 Å². The Morgan fingerprint density at radius 3 is 2.59 bits per heavy atom. The molecule has 17 heavy (non-hydrogen) atoms. The smallest absolute Gasteiger partial charge is 0.0774 e. The number of β-amino-alcohol motifs (C(OH)–C–C–N with tert-alkyl or cyclic N) is 1. The largest absolute Gasteiger partial charge is 0.389 e. The molecule has 0 spiro atoms. The molecular formula is C14H26N2O. The Morgan fingerprint density at radius 2 is 1.88 bits per heavy atom. The zero-order valence-electron chi connectivity index (χ0n) is 10.8. The second-order valence-electron chi connectivity index (χ2n) is 6.64. The van der Waals surface area contributed by atoms with Gasteiger partial charge in [-0.15, -0.1) is 0 Å². The molecule has 3 rings (SSSR count). The van der Waals surface area contributed by atoms with E-state index in [4.69, 9.17) is 5.73 Å². The number of nitrogens with two attached hydrogens (primary N) is 1. The predicted octanol–water partition coefficient (Wildman–Crippen LogP) is 1.35. The van der Waals surface area contributed by atoms with E-state index in [1.165, 1.54) is 38.6 Å². The first-order chi connectivity index (χ1) is 8.16. The van der Waals surface area contributed by atoms with Gasteiger partial charge in [-0.3, -0.25) is 4.90 Å². The van der Waals surface area contributed by atoms with Crippen molar-refractivity contribution < 1.29 is 5.11 Å². The molecule has 3 N–H and O–H groups in total. The van der Waals surface area contributed by atoms with Crippen molar-refractivity contribution in [2.24, 2.45) is 17.6 Å². The summed E-state index contributed by atoms with van der Waals surface area (Å²) in [5.41, 5.74) is 5.86. The highest BCUT2D eigenvalue weighted by Gasteiger charge is 2.41. The molecule has 1 saturated heterocycles. The van der Waals surface area contributed by atoms with E-state index >= 15 is 0 Å². The summed E-state index contributed by atoms with van der Waals surface area (Å²) in [5, 5.41) is 10.5. The van der Waals surface area contributed by atoms with E-state index in [1.54, 1.807) is 0 Å². The molecule has 0 bridgehead atoms. The lowest BCUT2D eigenvalue weighted by Crippen LogP contribution is -2.41. The lowest BCUT2D eigenvalue weighted by Gasteiger charge is -2.30. The average Bonchev–Trinajstić information content (AvgIpc) is 2.86. The minimum absolute atomic E-state index is 0.377. The number of hydrogen-bond donors (Lipinski definition) is 2. The van der Waals surface area contributed by atoms with Crippen molar-refractivity contribution in [3.05, 3.63) is 0 Å². The zero-order valence-corrected chi connectivity index (χ0v) is 10.8. The summed E-state index contributed by atoms with van der Waals surface area (Å²) in [4.78, 5) is 2.49. The Kier molecular flexibility index (Phi) is 3.18.